The van der Waals surface area contributed by atoms with E-state index in [1.807, 2.05) is 55.9 Å². The fourth-order valence-corrected chi connectivity index (χ4v) is 2.90. The van der Waals surface area contributed by atoms with E-state index >= 15 is 0 Å². The molecule has 1 unspecified atom stereocenters. The van der Waals surface area contributed by atoms with Crippen molar-refractivity contribution in [1.29, 1.82) is 0 Å². The zero-order valence-electron chi connectivity index (χ0n) is 12.3. The van der Waals surface area contributed by atoms with Crippen LogP contribution in [0.3, 0.4) is 0 Å². The normalized spacial score (nSPS) is 12.1. The first kappa shape index (κ1) is 15.5. The third-order valence-corrected chi connectivity index (χ3v) is 4.12. The van der Waals surface area contributed by atoms with Crippen LogP contribution < -0.4 is 5.32 Å². The lowest BCUT2D eigenvalue weighted by atomic mass is 10.2. The Labute approximate surface area is 129 Å². The van der Waals surface area contributed by atoms with Gasteiger partial charge in [0.25, 0.3) is 0 Å². The molecular weight excluding hydrogens is 284 g/mol. The number of thiophene rings is 1. The Morgan fingerprint density at radius 2 is 2.00 bits per heavy atom. The van der Waals surface area contributed by atoms with Gasteiger partial charge >= 0.3 is 6.09 Å². The number of hydrogen-bond donors (Lipinski definition) is 1. The molecule has 0 spiro atoms. The van der Waals surface area contributed by atoms with Crippen LogP contribution in [0.4, 0.5) is 4.79 Å². The Hall–Kier alpha value is -1.85. The van der Waals surface area contributed by atoms with Crippen molar-refractivity contribution in [3.63, 3.8) is 0 Å². The number of alkyl carbamates (subject to hydrolysis) is 1. The lowest BCUT2D eigenvalue weighted by Gasteiger charge is -2.23. The molecule has 1 atom stereocenters. The van der Waals surface area contributed by atoms with Gasteiger partial charge in [-0.2, -0.15) is 0 Å². The lowest BCUT2D eigenvalue weighted by molar-refractivity contribution is 0.136. The summed E-state index contributed by atoms with van der Waals surface area (Å²) in [6, 6.07) is 13.9. The van der Waals surface area contributed by atoms with Crippen molar-refractivity contribution in [2.45, 2.75) is 12.6 Å². The van der Waals surface area contributed by atoms with E-state index in [9.17, 15) is 4.79 Å². The molecule has 1 heterocycles. The molecule has 112 valence electrons. The molecule has 0 saturated carbocycles. The second-order valence-corrected chi connectivity index (χ2v) is 5.92. The van der Waals surface area contributed by atoms with Gasteiger partial charge in [-0.3, -0.25) is 0 Å². The molecule has 1 amide bonds. The Morgan fingerprint density at radius 1 is 1.24 bits per heavy atom. The molecule has 21 heavy (non-hydrogen) atoms. The summed E-state index contributed by atoms with van der Waals surface area (Å²) in [5, 5.41) is 4.87. The summed E-state index contributed by atoms with van der Waals surface area (Å²) < 4.78 is 5.21. The van der Waals surface area contributed by atoms with Crippen LogP contribution >= 0.6 is 11.3 Å². The maximum atomic E-state index is 11.8. The van der Waals surface area contributed by atoms with Crippen molar-refractivity contribution in [3.05, 3.63) is 58.3 Å². The van der Waals surface area contributed by atoms with E-state index in [-0.39, 0.29) is 18.7 Å². The lowest BCUT2D eigenvalue weighted by Crippen LogP contribution is -2.34. The summed E-state index contributed by atoms with van der Waals surface area (Å²) in [6.45, 7) is 0.819. The predicted octanol–water partition coefficient (Wildman–Crippen LogP) is 3.28. The highest BCUT2D eigenvalue weighted by Crippen LogP contribution is 2.22. The van der Waals surface area contributed by atoms with Gasteiger partial charge in [0.2, 0.25) is 0 Å². The molecule has 0 saturated heterocycles. The fourth-order valence-electron chi connectivity index (χ4n) is 1.97. The summed E-state index contributed by atoms with van der Waals surface area (Å²) in [6.07, 6.45) is -0.387. The molecule has 2 aromatic rings. The average Bonchev–Trinajstić information content (AvgIpc) is 3.00. The van der Waals surface area contributed by atoms with Crippen LogP contribution in [-0.4, -0.2) is 31.6 Å². The second kappa shape index (κ2) is 7.81. The van der Waals surface area contributed by atoms with Crippen LogP contribution in [0.5, 0.6) is 0 Å². The molecule has 4 nitrogen and oxygen atoms in total. The molecule has 1 aromatic carbocycles. The fraction of sp³-hybridized carbons (Fsp3) is 0.312. The third kappa shape index (κ3) is 4.88. The maximum Gasteiger partial charge on any atom is 0.407 e. The summed E-state index contributed by atoms with van der Waals surface area (Å²) in [5.41, 5.74) is 0.982. The highest BCUT2D eigenvalue weighted by Gasteiger charge is 2.16. The van der Waals surface area contributed by atoms with Crippen LogP contribution in [0, 0.1) is 0 Å². The maximum absolute atomic E-state index is 11.8. The Morgan fingerprint density at radius 3 is 2.62 bits per heavy atom. The number of hydrogen-bond acceptors (Lipinski definition) is 4. The monoisotopic (exact) mass is 304 g/mol. The minimum absolute atomic E-state index is 0.161. The number of likely N-dealkylation sites (N-methyl/N-ethyl adjacent to an activating group) is 1. The SMILES string of the molecule is CN(C)C(CNC(=O)OCc1ccccc1)c1cccs1. The molecule has 0 fully saturated rings. The van der Waals surface area contributed by atoms with Crippen molar-refractivity contribution >= 4 is 17.4 Å². The topological polar surface area (TPSA) is 41.6 Å². The molecule has 0 aliphatic carbocycles. The van der Waals surface area contributed by atoms with Gasteiger partial charge < -0.3 is 15.0 Å². The summed E-state index contributed by atoms with van der Waals surface area (Å²) in [7, 11) is 4.00. The zero-order chi connectivity index (χ0) is 15.1. The molecule has 0 aliphatic rings. The second-order valence-electron chi connectivity index (χ2n) is 4.94. The molecular formula is C16H20N2O2S. The Balaban J connectivity index is 1.80. The molecule has 5 heteroatoms. The number of carbonyl (C=O) groups excluding carboxylic acids is 1. The molecule has 0 aliphatic heterocycles. The van der Waals surface area contributed by atoms with Crippen LogP contribution in [0.2, 0.25) is 0 Å². The van der Waals surface area contributed by atoms with Gasteiger partial charge in [-0.1, -0.05) is 36.4 Å². The minimum atomic E-state index is -0.387. The van der Waals surface area contributed by atoms with E-state index in [4.69, 9.17) is 4.74 Å². The number of ether oxygens (including phenoxy) is 1. The third-order valence-electron chi connectivity index (χ3n) is 3.15. The molecule has 1 N–H and O–H groups in total. The zero-order valence-corrected chi connectivity index (χ0v) is 13.1. The van der Waals surface area contributed by atoms with E-state index in [1.54, 1.807) is 11.3 Å². The number of carbonyl (C=O) groups is 1. The van der Waals surface area contributed by atoms with Gasteiger partial charge in [0, 0.05) is 11.4 Å². The van der Waals surface area contributed by atoms with Crippen molar-refractivity contribution in [1.82, 2.24) is 10.2 Å². The number of benzene rings is 1. The summed E-state index contributed by atoms with van der Waals surface area (Å²) in [4.78, 5) is 15.1. The van der Waals surface area contributed by atoms with Crippen LogP contribution in [-0.2, 0) is 11.3 Å². The van der Waals surface area contributed by atoms with Gasteiger partial charge in [-0.25, -0.2) is 4.79 Å². The highest BCUT2D eigenvalue weighted by atomic mass is 32.1. The predicted molar refractivity (Wildman–Crippen MR) is 85.4 cm³/mol. The highest BCUT2D eigenvalue weighted by molar-refractivity contribution is 7.10. The van der Waals surface area contributed by atoms with E-state index < -0.39 is 0 Å². The van der Waals surface area contributed by atoms with Gasteiger partial charge in [-0.05, 0) is 31.1 Å². The van der Waals surface area contributed by atoms with E-state index in [1.165, 1.54) is 4.88 Å². The number of rotatable bonds is 6. The van der Waals surface area contributed by atoms with Gasteiger partial charge in [0.05, 0.1) is 6.04 Å². The van der Waals surface area contributed by atoms with Crippen molar-refractivity contribution in [2.75, 3.05) is 20.6 Å². The van der Waals surface area contributed by atoms with Crippen molar-refractivity contribution in [3.8, 4) is 0 Å². The first-order valence-corrected chi connectivity index (χ1v) is 7.69. The largest absolute Gasteiger partial charge is 0.445 e. The van der Waals surface area contributed by atoms with Crippen LogP contribution in [0.15, 0.2) is 47.8 Å². The van der Waals surface area contributed by atoms with Crippen molar-refractivity contribution in [2.24, 2.45) is 0 Å². The molecule has 2 rings (SSSR count). The minimum Gasteiger partial charge on any atom is -0.445 e. The standard InChI is InChI=1S/C16H20N2O2S/c1-18(2)14(15-9-6-10-21-15)11-17-16(19)20-12-13-7-4-3-5-8-13/h3-10,14H,11-12H2,1-2H3,(H,17,19). The first-order valence-electron chi connectivity index (χ1n) is 6.81. The number of nitrogens with zero attached hydrogens (tertiary/aromatic N) is 1. The number of amides is 1. The van der Waals surface area contributed by atoms with Crippen molar-refractivity contribution < 1.29 is 9.53 Å². The quantitative estimate of drug-likeness (QED) is 0.890. The summed E-state index contributed by atoms with van der Waals surface area (Å²) >= 11 is 1.69. The van der Waals surface area contributed by atoms with Gasteiger partial charge in [0.1, 0.15) is 6.61 Å². The van der Waals surface area contributed by atoms with E-state index in [0.29, 0.717) is 6.54 Å². The van der Waals surface area contributed by atoms with Crippen LogP contribution in [0.25, 0.3) is 0 Å². The van der Waals surface area contributed by atoms with E-state index in [2.05, 4.69) is 16.3 Å². The molecule has 1 aromatic heterocycles. The average molecular weight is 304 g/mol. The smallest absolute Gasteiger partial charge is 0.407 e. The Kier molecular flexibility index (Phi) is 5.78. The van der Waals surface area contributed by atoms with Gasteiger partial charge in [-0.15, -0.1) is 11.3 Å². The molecule has 0 bridgehead atoms. The summed E-state index contributed by atoms with van der Waals surface area (Å²) in [5.74, 6) is 0. The van der Waals surface area contributed by atoms with E-state index in [0.717, 1.165) is 5.56 Å². The first-order chi connectivity index (χ1) is 10.2. The Bertz CT molecular complexity index is 541. The molecule has 0 radical (unpaired) electrons. The van der Waals surface area contributed by atoms with Gasteiger partial charge in [0.15, 0.2) is 0 Å². The van der Waals surface area contributed by atoms with Crippen LogP contribution in [0.1, 0.15) is 16.5 Å². The number of nitrogens with one attached hydrogen (secondary N) is 1.